The topological polar surface area (TPSA) is 41.1 Å². The normalized spacial score (nSPS) is 27.9. The first-order chi connectivity index (χ1) is 7.83. The first kappa shape index (κ1) is 13.2. The Kier molecular flexibility index (Phi) is 4.31. The van der Waals surface area contributed by atoms with Crippen LogP contribution in [-0.2, 0) is 4.79 Å². The predicted octanol–water partition coefficient (Wildman–Crippen LogP) is 1.86. The lowest BCUT2D eigenvalue weighted by molar-refractivity contribution is -0.122. The molecule has 17 heavy (non-hydrogen) atoms. The number of carbonyl (C=O) groups is 1. The molecule has 1 atom stereocenters. The highest BCUT2D eigenvalue weighted by Gasteiger charge is 2.42. The molecule has 3 aliphatic rings. The van der Waals surface area contributed by atoms with Crippen LogP contribution >= 0.6 is 12.4 Å². The second-order valence-corrected chi connectivity index (χ2v) is 5.77. The number of rotatable bonds is 5. The average Bonchev–Trinajstić information content (AvgIpc) is 3.17. The first-order valence-electron chi connectivity index (χ1n) is 6.85. The van der Waals surface area contributed by atoms with Gasteiger partial charge in [-0.15, -0.1) is 12.4 Å². The fourth-order valence-corrected chi connectivity index (χ4v) is 2.93. The molecular formula is C13H23ClN2O. The van der Waals surface area contributed by atoms with Gasteiger partial charge in [-0.25, -0.2) is 0 Å². The maximum atomic E-state index is 11.9. The van der Waals surface area contributed by atoms with Crippen LogP contribution < -0.4 is 10.6 Å². The second kappa shape index (κ2) is 5.57. The average molecular weight is 259 g/mol. The molecular weight excluding hydrogens is 236 g/mol. The van der Waals surface area contributed by atoms with Crippen LogP contribution in [0.2, 0.25) is 0 Å². The highest BCUT2D eigenvalue weighted by molar-refractivity contribution is 5.85. The fraction of sp³-hybridized carbons (Fsp3) is 0.923. The lowest BCUT2D eigenvalue weighted by atomic mass is 10.1. The third-order valence-electron chi connectivity index (χ3n) is 4.18. The van der Waals surface area contributed by atoms with Crippen LogP contribution in [0.25, 0.3) is 0 Å². The van der Waals surface area contributed by atoms with E-state index in [4.69, 9.17) is 0 Å². The van der Waals surface area contributed by atoms with E-state index in [1.807, 2.05) is 0 Å². The van der Waals surface area contributed by atoms with E-state index in [0.717, 1.165) is 18.4 Å². The molecule has 2 aliphatic carbocycles. The van der Waals surface area contributed by atoms with Gasteiger partial charge >= 0.3 is 0 Å². The molecule has 0 aromatic rings. The zero-order valence-corrected chi connectivity index (χ0v) is 11.1. The van der Waals surface area contributed by atoms with Crippen molar-refractivity contribution in [2.45, 2.75) is 57.0 Å². The summed E-state index contributed by atoms with van der Waals surface area (Å²) in [5.41, 5.74) is 0. The summed E-state index contributed by atoms with van der Waals surface area (Å²) in [5.74, 6) is 1.91. The molecule has 4 heteroatoms. The van der Waals surface area contributed by atoms with E-state index in [1.165, 1.54) is 38.5 Å². The zero-order chi connectivity index (χ0) is 11.0. The molecule has 0 spiro atoms. The predicted molar refractivity (Wildman–Crippen MR) is 70.3 cm³/mol. The van der Waals surface area contributed by atoms with Crippen molar-refractivity contribution in [3.63, 3.8) is 0 Å². The van der Waals surface area contributed by atoms with Crippen LogP contribution in [0.1, 0.15) is 44.9 Å². The van der Waals surface area contributed by atoms with Crippen LogP contribution in [0.3, 0.4) is 0 Å². The zero-order valence-electron chi connectivity index (χ0n) is 10.3. The maximum Gasteiger partial charge on any atom is 0.221 e. The van der Waals surface area contributed by atoms with Crippen LogP contribution in [0.4, 0.5) is 0 Å². The van der Waals surface area contributed by atoms with E-state index in [1.54, 1.807) is 0 Å². The quantitative estimate of drug-likeness (QED) is 0.790. The van der Waals surface area contributed by atoms with Gasteiger partial charge in [-0.05, 0) is 56.9 Å². The van der Waals surface area contributed by atoms with Gasteiger partial charge in [-0.1, -0.05) is 0 Å². The SMILES string of the molecule is Cl.O=C(CC1CCCN1)NC(C1CC1)C1CC1. The van der Waals surface area contributed by atoms with Crippen molar-refractivity contribution in [2.24, 2.45) is 11.8 Å². The first-order valence-corrected chi connectivity index (χ1v) is 6.85. The Hall–Kier alpha value is -0.280. The molecule has 3 rings (SSSR count). The minimum Gasteiger partial charge on any atom is -0.353 e. The third-order valence-corrected chi connectivity index (χ3v) is 4.18. The highest BCUT2D eigenvalue weighted by atomic mass is 35.5. The second-order valence-electron chi connectivity index (χ2n) is 5.77. The van der Waals surface area contributed by atoms with Crippen LogP contribution in [-0.4, -0.2) is 24.5 Å². The molecule has 0 aromatic heterocycles. The molecule has 1 amide bonds. The Balaban J connectivity index is 0.00000108. The van der Waals surface area contributed by atoms with Gasteiger partial charge in [0, 0.05) is 18.5 Å². The maximum absolute atomic E-state index is 11.9. The number of nitrogens with one attached hydrogen (secondary N) is 2. The van der Waals surface area contributed by atoms with Crippen LogP contribution in [0.5, 0.6) is 0 Å². The van der Waals surface area contributed by atoms with E-state index in [9.17, 15) is 4.79 Å². The van der Waals surface area contributed by atoms with Gasteiger partial charge in [0.2, 0.25) is 5.91 Å². The summed E-state index contributed by atoms with van der Waals surface area (Å²) in [6.45, 7) is 1.09. The summed E-state index contributed by atoms with van der Waals surface area (Å²) in [6, 6.07) is 0.966. The van der Waals surface area contributed by atoms with Gasteiger partial charge in [-0.2, -0.15) is 0 Å². The molecule has 0 bridgehead atoms. The number of halogens is 1. The van der Waals surface area contributed by atoms with E-state index in [0.29, 0.717) is 18.5 Å². The van der Waals surface area contributed by atoms with Crippen molar-refractivity contribution in [1.82, 2.24) is 10.6 Å². The number of hydrogen-bond acceptors (Lipinski definition) is 2. The van der Waals surface area contributed by atoms with Gasteiger partial charge in [0.15, 0.2) is 0 Å². The molecule has 3 nitrogen and oxygen atoms in total. The van der Waals surface area contributed by atoms with E-state index in [2.05, 4.69) is 10.6 Å². The minimum absolute atomic E-state index is 0. The molecule has 1 heterocycles. The Morgan fingerprint density at radius 2 is 1.82 bits per heavy atom. The fourth-order valence-electron chi connectivity index (χ4n) is 2.93. The molecule has 1 saturated heterocycles. The molecule has 0 radical (unpaired) electrons. The molecule has 98 valence electrons. The van der Waals surface area contributed by atoms with Gasteiger partial charge in [0.1, 0.15) is 0 Å². The Morgan fingerprint density at radius 3 is 2.29 bits per heavy atom. The number of carbonyl (C=O) groups excluding carboxylic acids is 1. The summed E-state index contributed by atoms with van der Waals surface area (Å²) in [6.07, 6.45) is 8.44. The molecule has 2 saturated carbocycles. The van der Waals surface area contributed by atoms with Gasteiger partial charge in [0.25, 0.3) is 0 Å². The molecule has 1 aliphatic heterocycles. The van der Waals surface area contributed by atoms with Gasteiger partial charge in [-0.3, -0.25) is 4.79 Å². The van der Waals surface area contributed by atoms with Crippen LogP contribution in [0.15, 0.2) is 0 Å². The van der Waals surface area contributed by atoms with Gasteiger partial charge in [0.05, 0.1) is 0 Å². The summed E-state index contributed by atoms with van der Waals surface area (Å²) >= 11 is 0. The summed E-state index contributed by atoms with van der Waals surface area (Å²) < 4.78 is 0. The van der Waals surface area contributed by atoms with E-state index >= 15 is 0 Å². The number of hydrogen-bond donors (Lipinski definition) is 2. The van der Waals surface area contributed by atoms with Gasteiger partial charge < -0.3 is 10.6 Å². The largest absolute Gasteiger partial charge is 0.353 e. The van der Waals surface area contributed by atoms with Crippen LogP contribution in [0, 0.1) is 11.8 Å². The standard InChI is InChI=1S/C13H22N2O.ClH/c16-12(8-11-2-1-7-14-11)15-13(9-3-4-9)10-5-6-10;/h9-11,13-14H,1-8H2,(H,15,16);1H. The smallest absolute Gasteiger partial charge is 0.221 e. The summed E-state index contributed by atoms with van der Waals surface area (Å²) in [4.78, 5) is 11.9. The molecule has 2 N–H and O–H groups in total. The lowest BCUT2D eigenvalue weighted by Gasteiger charge is -2.19. The van der Waals surface area contributed by atoms with Crippen molar-refractivity contribution in [3.8, 4) is 0 Å². The monoisotopic (exact) mass is 258 g/mol. The van der Waals surface area contributed by atoms with Crippen molar-refractivity contribution in [2.75, 3.05) is 6.54 Å². The highest BCUT2D eigenvalue weighted by Crippen LogP contribution is 2.44. The van der Waals surface area contributed by atoms with Crippen molar-refractivity contribution in [3.05, 3.63) is 0 Å². The lowest BCUT2D eigenvalue weighted by Crippen LogP contribution is -2.40. The summed E-state index contributed by atoms with van der Waals surface area (Å²) in [5, 5.41) is 6.68. The molecule has 0 aromatic carbocycles. The molecule has 1 unspecified atom stereocenters. The molecule has 3 fully saturated rings. The Morgan fingerprint density at radius 1 is 1.18 bits per heavy atom. The Labute approximate surface area is 110 Å². The number of amides is 1. The minimum atomic E-state index is 0. The third kappa shape index (κ3) is 3.59. The van der Waals surface area contributed by atoms with Crippen molar-refractivity contribution < 1.29 is 4.79 Å². The summed E-state index contributed by atoms with van der Waals surface area (Å²) in [7, 11) is 0. The van der Waals surface area contributed by atoms with E-state index in [-0.39, 0.29) is 18.3 Å². The van der Waals surface area contributed by atoms with Crippen molar-refractivity contribution >= 4 is 18.3 Å². The Bertz CT molecular complexity index is 259. The van der Waals surface area contributed by atoms with E-state index < -0.39 is 0 Å². The van der Waals surface area contributed by atoms with Crippen molar-refractivity contribution in [1.29, 1.82) is 0 Å².